The summed E-state index contributed by atoms with van der Waals surface area (Å²) in [5, 5.41) is 22.6. The average Bonchev–Trinajstić information content (AvgIpc) is 2.61. The lowest BCUT2D eigenvalue weighted by molar-refractivity contribution is -0.112. The number of carbonyl (C=O) groups excluding carboxylic acids is 1. The lowest BCUT2D eigenvalue weighted by atomic mass is 10.1. The topological polar surface area (TPSA) is 82.3 Å². The van der Waals surface area contributed by atoms with E-state index in [4.69, 9.17) is 16.3 Å². The molecular formula is C19H16ClIN2O3. The lowest BCUT2D eigenvalue weighted by Crippen LogP contribution is -2.14. The molecule has 2 rings (SSSR count). The van der Waals surface area contributed by atoms with Gasteiger partial charge >= 0.3 is 0 Å². The van der Waals surface area contributed by atoms with Crippen LogP contribution in [-0.2, 0) is 4.79 Å². The summed E-state index contributed by atoms with van der Waals surface area (Å²) in [6.45, 7) is 3.97. The summed E-state index contributed by atoms with van der Waals surface area (Å²) in [6, 6.07) is 10.3. The first-order chi connectivity index (χ1) is 12.4. The number of carbonyl (C=O) groups is 1. The summed E-state index contributed by atoms with van der Waals surface area (Å²) in [5.41, 5.74) is 1.76. The Labute approximate surface area is 170 Å². The number of rotatable bonds is 5. The maximum atomic E-state index is 12.4. The van der Waals surface area contributed by atoms with Gasteiger partial charge in [-0.25, -0.2) is 0 Å². The minimum atomic E-state index is -0.543. The molecule has 0 radical (unpaired) electrons. The van der Waals surface area contributed by atoms with Crippen LogP contribution in [0.2, 0.25) is 5.02 Å². The van der Waals surface area contributed by atoms with Crippen LogP contribution >= 0.6 is 34.2 Å². The minimum absolute atomic E-state index is 0.0297. The van der Waals surface area contributed by atoms with Crippen LogP contribution in [0.15, 0.2) is 35.9 Å². The molecule has 2 N–H and O–H groups in total. The van der Waals surface area contributed by atoms with Gasteiger partial charge < -0.3 is 15.2 Å². The van der Waals surface area contributed by atoms with Gasteiger partial charge in [-0.15, -0.1) is 0 Å². The van der Waals surface area contributed by atoms with Crippen LogP contribution < -0.4 is 10.1 Å². The SMILES string of the molecule is CCOc1cc(/C=C(\C#N)C(=O)Nc2cccc(Cl)c2C)cc(I)c1O. The van der Waals surface area contributed by atoms with Crippen molar-refractivity contribution in [1.29, 1.82) is 5.26 Å². The number of hydrogen-bond donors (Lipinski definition) is 2. The Hall–Kier alpha value is -2.24. The summed E-state index contributed by atoms with van der Waals surface area (Å²) in [4.78, 5) is 12.4. The zero-order chi connectivity index (χ0) is 19.3. The van der Waals surface area contributed by atoms with Crippen LogP contribution in [0.25, 0.3) is 6.08 Å². The molecule has 26 heavy (non-hydrogen) atoms. The maximum Gasteiger partial charge on any atom is 0.266 e. The molecule has 0 aliphatic heterocycles. The first-order valence-electron chi connectivity index (χ1n) is 7.71. The number of nitrogens with one attached hydrogen (secondary N) is 1. The molecule has 0 saturated carbocycles. The van der Waals surface area contributed by atoms with E-state index in [9.17, 15) is 15.2 Å². The van der Waals surface area contributed by atoms with Gasteiger partial charge in [-0.2, -0.15) is 5.26 Å². The fourth-order valence-corrected chi connectivity index (χ4v) is 2.99. The third-order valence-electron chi connectivity index (χ3n) is 3.54. The van der Waals surface area contributed by atoms with Gasteiger partial charge in [0, 0.05) is 10.7 Å². The number of phenolic OH excluding ortho intramolecular Hbond substituents is 1. The van der Waals surface area contributed by atoms with E-state index < -0.39 is 5.91 Å². The van der Waals surface area contributed by atoms with Gasteiger partial charge in [0.15, 0.2) is 11.5 Å². The molecule has 0 saturated heterocycles. The third kappa shape index (κ3) is 4.68. The quantitative estimate of drug-likeness (QED) is 0.361. The Bertz CT molecular complexity index is 920. The molecule has 134 valence electrons. The summed E-state index contributed by atoms with van der Waals surface area (Å²) >= 11 is 8.01. The number of anilines is 1. The molecule has 0 unspecified atom stereocenters. The van der Waals surface area contributed by atoms with Crippen molar-refractivity contribution in [1.82, 2.24) is 0 Å². The Morgan fingerprint density at radius 1 is 1.46 bits per heavy atom. The molecule has 0 heterocycles. The van der Waals surface area contributed by atoms with E-state index >= 15 is 0 Å². The maximum absolute atomic E-state index is 12.4. The molecular weight excluding hydrogens is 467 g/mol. The van der Waals surface area contributed by atoms with Crippen molar-refractivity contribution in [2.75, 3.05) is 11.9 Å². The number of nitrogens with zero attached hydrogens (tertiary/aromatic N) is 1. The highest BCUT2D eigenvalue weighted by molar-refractivity contribution is 14.1. The van der Waals surface area contributed by atoms with Crippen molar-refractivity contribution in [3.63, 3.8) is 0 Å². The highest BCUT2D eigenvalue weighted by Gasteiger charge is 2.14. The normalized spacial score (nSPS) is 11.0. The molecule has 0 aliphatic rings. The lowest BCUT2D eigenvalue weighted by Gasteiger charge is -2.10. The van der Waals surface area contributed by atoms with Crippen molar-refractivity contribution in [3.05, 3.63) is 55.6 Å². The predicted octanol–water partition coefficient (Wildman–Crippen LogP) is 4.90. The van der Waals surface area contributed by atoms with Crippen molar-refractivity contribution in [2.45, 2.75) is 13.8 Å². The first kappa shape index (κ1) is 20.1. The fourth-order valence-electron chi connectivity index (χ4n) is 2.19. The third-order valence-corrected chi connectivity index (χ3v) is 4.77. The summed E-state index contributed by atoms with van der Waals surface area (Å²) < 4.78 is 5.93. The number of hydrogen-bond acceptors (Lipinski definition) is 4. The molecule has 0 aromatic heterocycles. The van der Waals surface area contributed by atoms with Crippen LogP contribution in [0.5, 0.6) is 11.5 Å². The number of benzene rings is 2. The van der Waals surface area contributed by atoms with Crippen LogP contribution in [0.3, 0.4) is 0 Å². The monoisotopic (exact) mass is 482 g/mol. The molecule has 2 aromatic carbocycles. The Morgan fingerprint density at radius 3 is 2.85 bits per heavy atom. The van der Waals surface area contributed by atoms with E-state index in [0.717, 1.165) is 5.56 Å². The summed E-state index contributed by atoms with van der Waals surface area (Å²) in [6.07, 6.45) is 1.44. The van der Waals surface area contributed by atoms with Gasteiger partial charge in [-0.1, -0.05) is 17.7 Å². The van der Waals surface area contributed by atoms with E-state index in [0.29, 0.717) is 32.2 Å². The van der Waals surface area contributed by atoms with E-state index in [2.05, 4.69) is 5.32 Å². The Morgan fingerprint density at radius 2 is 2.19 bits per heavy atom. The number of aromatic hydroxyl groups is 1. The highest BCUT2D eigenvalue weighted by Crippen LogP contribution is 2.33. The van der Waals surface area contributed by atoms with Gasteiger partial charge in [0.1, 0.15) is 11.6 Å². The molecule has 2 aromatic rings. The minimum Gasteiger partial charge on any atom is -0.504 e. The number of nitriles is 1. The second-order valence-electron chi connectivity index (χ2n) is 5.32. The van der Waals surface area contributed by atoms with E-state index in [1.807, 2.05) is 28.7 Å². The Kier molecular flexibility index (Phi) is 6.89. The average molecular weight is 483 g/mol. The zero-order valence-corrected chi connectivity index (χ0v) is 17.1. The number of ether oxygens (including phenoxy) is 1. The second kappa shape index (κ2) is 8.92. The second-order valence-corrected chi connectivity index (χ2v) is 6.89. The molecule has 0 bridgehead atoms. The molecule has 0 fully saturated rings. The predicted molar refractivity (Wildman–Crippen MR) is 110 cm³/mol. The zero-order valence-electron chi connectivity index (χ0n) is 14.1. The van der Waals surface area contributed by atoms with E-state index in [-0.39, 0.29) is 11.3 Å². The van der Waals surface area contributed by atoms with Crippen molar-refractivity contribution < 1.29 is 14.6 Å². The van der Waals surface area contributed by atoms with Gasteiger partial charge in [0.05, 0.1) is 10.2 Å². The fraction of sp³-hybridized carbons (Fsp3) is 0.158. The van der Waals surface area contributed by atoms with Crippen molar-refractivity contribution >= 4 is 51.9 Å². The molecule has 1 amide bonds. The standard InChI is InChI=1S/C19H16ClIN2O3/c1-3-26-17-9-12(8-15(21)18(17)24)7-13(10-22)19(25)23-16-6-4-5-14(20)11(16)2/h4-9,24H,3H2,1-2H3,(H,23,25)/b13-7+. The van der Waals surface area contributed by atoms with Crippen molar-refractivity contribution in [3.8, 4) is 17.6 Å². The van der Waals surface area contributed by atoms with Gasteiger partial charge in [0.2, 0.25) is 0 Å². The van der Waals surface area contributed by atoms with Crippen LogP contribution in [0, 0.1) is 21.8 Å². The molecule has 0 atom stereocenters. The first-order valence-corrected chi connectivity index (χ1v) is 9.16. The highest BCUT2D eigenvalue weighted by atomic mass is 127. The van der Waals surface area contributed by atoms with Crippen LogP contribution in [0.4, 0.5) is 5.69 Å². The molecule has 7 heteroatoms. The Balaban J connectivity index is 2.34. The van der Waals surface area contributed by atoms with Crippen molar-refractivity contribution in [2.24, 2.45) is 0 Å². The summed E-state index contributed by atoms with van der Waals surface area (Å²) in [5.74, 6) is -0.213. The molecule has 0 aliphatic carbocycles. The van der Waals surface area contributed by atoms with Crippen LogP contribution in [-0.4, -0.2) is 17.6 Å². The van der Waals surface area contributed by atoms with Gasteiger partial charge in [-0.3, -0.25) is 4.79 Å². The largest absolute Gasteiger partial charge is 0.504 e. The number of halogens is 2. The van der Waals surface area contributed by atoms with Crippen LogP contribution in [0.1, 0.15) is 18.1 Å². The van der Waals surface area contributed by atoms with Gasteiger partial charge in [-0.05, 0) is 77.9 Å². The number of amides is 1. The molecule has 5 nitrogen and oxygen atoms in total. The molecule has 0 spiro atoms. The van der Waals surface area contributed by atoms with Gasteiger partial charge in [0.25, 0.3) is 5.91 Å². The smallest absolute Gasteiger partial charge is 0.266 e. The van der Waals surface area contributed by atoms with E-state index in [1.165, 1.54) is 6.08 Å². The number of phenols is 1. The summed E-state index contributed by atoms with van der Waals surface area (Å²) in [7, 11) is 0. The van der Waals surface area contributed by atoms with E-state index in [1.54, 1.807) is 44.2 Å².